The number of halogens is 1. The fourth-order valence-electron chi connectivity index (χ4n) is 1.11. The van der Waals surface area contributed by atoms with Crippen molar-refractivity contribution >= 4 is 5.97 Å². The van der Waals surface area contributed by atoms with Crippen molar-refractivity contribution in [3.05, 3.63) is 35.6 Å². The van der Waals surface area contributed by atoms with Crippen molar-refractivity contribution in [3.63, 3.8) is 0 Å². The van der Waals surface area contributed by atoms with Gasteiger partial charge in [0, 0.05) is 27.3 Å². The minimum absolute atomic E-state index is 0.289. The summed E-state index contributed by atoms with van der Waals surface area (Å²) < 4.78 is 22.1. The molecule has 19 heavy (non-hydrogen) atoms. The van der Waals surface area contributed by atoms with E-state index < -0.39 is 11.8 Å². The molecule has 0 aromatic heterocycles. The molecule has 0 aliphatic rings. The van der Waals surface area contributed by atoms with Crippen LogP contribution in [0.1, 0.15) is 10.4 Å². The van der Waals surface area contributed by atoms with Crippen molar-refractivity contribution in [1.82, 2.24) is 5.32 Å². The molecule has 0 heterocycles. The van der Waals surface area contributed by atoms with Gasteiger partial charge in [0.25, 0.3) is 0 Å². The summed E-state index contributed by atoms with van der Waals surface area (Å²) in [4.78, 5) is 10.2. The van der Waals surface area contributed by atoms with Crippen LogP contribution < -0.4 is 5.32 Å². The average molecular weight is 273 g/mol. The summed E-state index contributed by atoms with van der Waals surface area (Å²) in [5, 5.41) is 11.5. The first-order chi connectivity index (χ1) is 9.13. The number of hydrogen-bond donors (Lipinski definition) is 2. The Balaban J connectivity index is 0.000000344. The van der Waals surface area contributed by atoms with Gasteiger partial charge in [-0.15, -0.1) is 0 Å². The smallest absolute Gasteiger partial charge is 0.338 e. The maximum atomic E-state index is 12.5. The van der Waals surface area contributed by atoms with Gasteiger partial charge in [0.15, 0.2) is 0 Å². The molecule has 0 fully saturated rings. The fraction of sp³-hybridized carbons (Fsp3) is 0.462. The van der Waals surface area contributed by atoms with Gasteiger partial charge in [0.05, 0.1) is 18.8 Å². The van der Waals surface area contributed by atoms with Gasteiger partial charge in [-0.25, -0.2) is 9.18 Å². The summed E-state index contributed by atoms with van der Waals surface area (Å²) in [6.07, 6.45) is 0. The highest BCUT2D eigenvalue weighted by molar-refractivity contribution is 5.87. The summed E-state index contributed by atoms with van der Waals surface area (Å²) in [6, 6.07) is 5.26. The van der Waals surface area contributed by atoms with E-state index in [0.717, 1.165) is 32.4 Å². The van der Waals surface area contributed by atoms with E-state index in [4.69, 9.17) is 14.6 Å². The monoisotopic (exact) mass is 273 g/mol. The Labute approximate surface area is 112 Å². The average Bonchev–Trinajstić information content (AvgIpc) is 2.40. The van der Waals surface area contributed by atoms with E-state index in [-0.39, 0.29) is 5.56 Å². The van der Waals surface area contributed by atoms with Crippen LogP contribution in [-0.4, -0.2) is 51.6 Å². The molecular weight excluding hydrogens is 253 g/mol. The minimum atomic E-state index is -1.24. The van der Waals surface area contributed by atoms with E-state index in [2.05, 4.69) is 5.32 Å². The number of ether oxygens (including phenoxy) is 2. The zero-order valence-electron chi connectivity index (χ0n) is 11.2. The Morgan fingerprint density at radius 2 is 1.74 bits per heavy atom. The van der Waals surface area contributed by atoms with Crippen molar-refractivity contribution in [2.45, 2.75) is 0 Å². The van der Waals surface area contributed by atoms with E-state index >= 15 is 0 Å². The fourth-order valence-corrected chi connectivity index (χ4v) is 1.11. The van der Waals surface area contributed by atoms with Crippen LogP contribution in [0.5, 0.6) is 0 Å². The lowest BCUT2D eigenvalue weighted by Gasteiger charge is -2.01. The third-order valence-electron chi connectivity index (χ3n) is 2.07. The number of aromatic carboxylic acids is 1. The summed E-state index contributed by atoms with van der Waals surface area (Å²) >= 11 is 0. The molecule has 2 N–H and O–H groups in total. The van der Waals surface area contributed by atoms with Gasteiger partial charge >= 0.3 is 5.97 Å². The number of carboxylic acids is 1. The Bertz CT molecular complexity index is 354. The van der Waals surface area contributed by atoms with Crippen LogP contribution >= 0.6 is 0 Å². The van der Waals surface area contributed by atoms with E-state index in [1.54, 1.807) is 14.2 Å². The van der Waals surface area contributed by atoms with Gasteiger partial charge in [0.1, 0.15) is 5.82 Å². The van der Waals surface area contributed by atoms with Crippen LogP contribution in [0.2, 0.25) is 0 Å². The van der Waals surface area contributed by atoms with E-state index in [1.807, 2.05) is 0 Å². The third-order valence-corrected chi connectivity index (χ3v) is 2.07. The quantitative estimate of drug-likeness (QED) is 0.735. The van der Waals surface area contributed by atoms with Crippen molar-refractivity contribution in [1.29, 1.82) is 0 Å². The molecule has 1 aromatic carbocycles. The van der Waals surface area contributed by atoms with Crippen molar-refractivity contribution in [2.24, 2.45) is 0 Å². The molecule has 0 bridgehead atoms. The summed E-state index contributed by atoms with van der Waals surface area (Å²) in [5.41, 5.74) is -0.289. The molecule has 0 atom stereocenters. The molecule has 0 saturated carbocycles. The van der Waals surface area contributed by atoms with Gasteiger partial charge < -0.3 is 19.9 Å². The zero-order valence-corrected chi connectivity index (χ0v) is 11.2. The van der Waals surface area contributed by atoms with Gasteiger partial charge in [-0.05, 0) is 12.1 Å². The number of carbonyl (C=O) groups is 1. The standard InChI is InChI=1S/C7H5FO2.C6H15NO2/c8-6-4-2-1-3-5(6)7(9)10;1-8-5-3-7-4-6-9-2/h1-4H,(H,9,10);7H,3-6H2,1-2H3. The lowest BCUT2D eigenvalue weighted by atomic mass is 10.2. The van der Waals surface area contributed by atoms with E-state index in [0.29, 0.717) is 0 Å². The van der Waals surface area contributed by atoms with Crippen molar-refractivity contribution in [2.75, 3.05) is 40.5 Å². The van der Waals surface area contributed by atoms with Crippen LogP contribution in [0, 0.1) is 5.82 Å². The Hall–Kier alpha value is -1.50. The molecule has 5 nitrogen and oxygen atoms in total. The van der Waals surface area contributed by atoms with Crippen LogP contribution in [-0.2, 0) is 9.47 Å². The molecule has 0 spiro atoms. The molecule has 0 unspecified atom stereocenters. The molecule has 6 heteroatoms. The predicted molar refractivity (Wildman–Crippen MR) is 70.0 cm³/mol. The Morgan fingerprint density at radius 1 is 1.21 bits per heavy atom. The first kappa shape index (κ1) is 17.5. The molecule has 1 rings (SSSR count). The SMILES string of the molecule is COCCNCCOC.O=C(O)c1ccccc1F. The van der Waals surface area contributed by atoms with Gasteiger partial charge in [0.2, 0.25) is 0 Å². The number of hydrogen-bond acceptors (Lipinski definition) is 4. The van der Waals surface area contributed by atoms with Gasteiger partial charge in [-0.3, -0.25) is 0 Å². The molecular formula is C13H20FNO4. The maximum Gasteiger partial charge on any atom is 0.338 e. The highest BCUT2D eigenvalue weighted by atomic mass is 19.1. The van der Waals surface area contributed by atoms with Crippen LogP contribution in [0.4, 0.5) is 4.39 Å². The van der Waals surface area contributed by atoms with Gasteiger partial charge in [-0.1, -0.05) is 12.1 Å². The normalized spacial score (nSPS) is 9.63. The maximum absolute atomic E-state index is 12.5. The zero-order chi connectivity index (χ0) is 14.5. The molecule has 0 radical (unpaired) electrons. The highest BCUT2D eigenvalue weighted by Gasteiger charge is 2.06. The second-order valence-electron chi connectivity index (χ2n) is 3.52. The van der Waals surface area contributed by atoms with Crippen LogP contribution in [0.15, 0.2) is 24.3 Å². The largest absolute Gasteiger partial charge is 0.478 e. The first-order valence-corrected chi connectivity index (χ1v) is 5.80. The molecule has 0 aliphatic carbocycles. The molecule has 0 amide bonds. The molecule has 0 saturated heterocycles. The Morgan fingerprint density at radius 3 is 2.11 bits per heavy atom. The van der Waals surface area contributed by atoms with E-state index in [9.17, 15) is 9.18 Å². The van der Waals surface area contributed by atoms with Crippen molar-refractivity contribution in [3.8, 4) is 0 Å². The first-order valence-electron chi connectivity index (χ1n) is 5.80. The molecule has 0 aliphatic heterocycles. The number of rotatable bonds is 7. The summed E-state index contributed by atoms with van der Waals surface area (Å²) in [7, 11) is 3.38. The predicted octanol–water partition coefficient (Wildman–Crippen LogP) is 1.39. The highest BCUT2D eigenvalue weighted by Crippen LogP contribution is 2.04. The molecule has 108 valence electrons. The molecule has 1 aromatic rings. The number of carboxylic acid groups (broad SMARTS) is 1. The lowest BCUT2D eigenvalue weighted by Crippen LogP contribution is -2.23. The second kappa shape index (κ2) is 11.6. The minimum Gasteiger partial charge on any atom is -0.478 e. The van der Waals surface area contributed by atoms with Gasteiger partial charge in [-0.2, -0.15) is 0 Å². The van der Waals surface area contributed by atoms with E-state index in [1.165, 1.54) is 18.2 Å². The summed E-state index contributed by atoms with van der Waals surface area (Å²) in [6.45, 7) is 3.34. The summed E-state index contributed by atoms with van der Waals surface area (Å²) in [5.74, 6) is -1.94. The third kappa shape index (κ3) is 9.12. The van der Waals surface area contributed by atoms with Crippen LogP contribution in [0.25, 0.3) is 0 Å². The topological polar surface area (TPSA) is 67.8 Å². The van der Waals surface area contributed by atoms with Crippen LogP contribution in [0.3, 0.4) is 0 Å². The number of nitrogens with one attached hydrogen (secondary N) is 1. The number of benzene rings is 1. The Kier molecular flexibility index (Phi) is 10.7. The van der Waals surface area contributed by atoms with Crippen molar-refractivity contribution < 1.29 is 23.8 Å². The lowest BCUT2D eigenvalue weighted by molar-refractivity contribution is 0.0692. The second-order valence-corrected chi connectivity index (χ2v) is 3.52. The number of methoxy groups -OCH3 is 2.